The second kappa shape index (κ2) is 6.24. The molecule has 16 heavy (non-hydrogen) atoms. The lowest BCUT2D eigenvalue weighted by atomic mass is 9.76. The Bertz CT molecular complexity index is 224. The van der Waals surface area contributed by atoms with Gasteiger partial charge < -0.3 is 10.4 Å². The quantitative estimate of drug-likeness (QED) is 0.670. The van der Waals surface area contributed by atoms with E-state index in [0.717, 1.165) is 32.2 Å². The van der Waals surface area contributed by atoms with E-state index in [-0.39, 0.29) is 0 Å². The van der Waals surface area contributed by atoms with Gasteiger partial charge in [0, 0.05) is 0 Å². The van der Waals surface area contributed by atoms with Gasteiger partial charge in [-0.05, 0) is 38.1 Å². The van der Waals surface area contributed by atoms with Crippen LogP contribution in [-0.4, -0.2) is 23.2 Å². The van der Waals surface area contributed by atoms with E-state index in [1.807, 2.05) is 0 Å². The molecule has 2 N–H and O–H groups in total. The molecular formula is C13H25NO2. The first-order chi connectivity index (χ1) is 7.64. The number of unbranched alkanes of at least 4 members (excludes halogenated alkanes) is 1. The molecule has 0 saturated heterocycles. The highest BCUT2D eigenvalue weighted by atomic mass is 16.4. The highest BCUT2D eigenvalue weighted by Gasteiger charge is 2.43. The van der Waals surface area contributed by atoms with Crippen LogP contribution >= 0.6 is 0 Å². The lowest BCUT2D eigenvalue weighted by molar-refractivity contribution is -0.148. The summed E-state index contributed by atoms with van der Waals surface area (Å²) in [7, 11) is 0. The first-order valence-corrected chi connectivity index (χ1v) is 6.63. The number of nitrogens with one attached hydrogen (secondary N) is 1. The molecule has 3 nitrogen and oxygen atoms in total. The number of carboxylic acid groups (broad SMARTS) is 1. The van der Waals surface area contributed by atoms with Gasteiger partial charge in [-0.3, -0.25) is 4.79 Å². The summed E-state index contributed by atoms with van der Waals surface area (Å²) in [5.74, 6) is -0.0270. The van der Waals surface area contributed by atoms with Gasteiger partial charge in [0.25, 0.3) is 0 Å². The number of carbonyl (C=O) groups is 1. The van der Waals surface area contributed by atoms with E-state index >= 15 is 0 Å². The van der Waals surface area contributed by atoms with E-state index in [0.29, 0.717) is 5.92 Å². The van der Waals surface area contributed by atoms with Crippen molar-refractivity contribution >= 4 is 5.97 Å². The van der Waals surface area contributed by atoms with Crippen molar-refractivity contribution in [1.29, 1.82) is 0 Å². The molecule has 0 aromatic carbocycles. The van der Waals surface area contributed by atoms with Gasteiger partial charge in [0.1, 0.15) is 5.54 Å². The monoisotopic (exact) mass is 227 g/mol. The van der Waals surface area contributed by atoms with Crippen LogP contribution in [0.1, 0.15) is 58.8 Å². The third-order valence-corrected chi connectivity index (χ3v) is 3.89. The largest absolute Gasteiger partial charge is 0.480 e. The minimum absolute atomic E-state index is 0.584. The van der Waals surface area contributed by atoms with Crippen LogP contribution in [0.3, 0.4) is 0 Å². The van der Waals surface area contributed by atoms with E-state index in [4.69, 9.17) is 0 Å². The van der Waals surface area contributed by atoms with Gasteiger partial charge in [0.05, 0.1) is 0 Å². The third kappa shape index (κ3) is 3.21. The summed E-state index contributed by atoms with van der Waals surface area (Å²) in [4.78, 5) is 11.2. The molecule has 0 radical (unpaired) electrons. The number of carboxylic acids is 1. The van der Waals surface area contributed by atoms with Crippen molar-refractivity contribution in [3.8, 4) is 0 Å². The van der Waals surface area contributed by atoms with Crippen molar-refractivity contribution in [3.05, 3.63) is 0 Å². The van der Waals surface area contributed by atoms with Gasteiger partial charge in [0.15, 0.2) is 0 Å². The Morgan fingerprint density at radius 3 is 2.50 bits per heavy atom. The maximum Gasteiger partial charge on any atom is 0.323 e. The summed E-state index contributed by atoms with van der Waals surface area (Å²) in [6, 6.07) is 0. The molecule has 1 aliphatic carbocycles. The molecule has 0 aromatic heterocycles. The van der Waals surface area contributed by atoms with Gasteiger partial charge in [-0.2, -0.15) is 0 Å². The molecule has 1 atom stereocenters. The van der Waals surface area contributed by atoms with E-state index in [9.17, 15) is 9.90 Å². The summed E-state index contributed by atoms with van der Waals surface area (Å²) in [6.45, 7) is 5.25. The number of aliphatic carboxylic acids is 1. The van der Waals surface area contributed by atoms with Crippen molar-refractivity contribution in [2.45, 2.75) is 64.3 Å². The average Bonchev–Trinajstić information content (AvgIpc) is 2.20. The predicted octanol–water partition coefficient (Wildman–Crippen LogP) is 2.80. The second-order valence-electron chi connectivity index (χ2n) is 5.04. The lowest BCUT2D eigenvalue weighted by Gasteiger charge is -2.39. The van der Waals surface area contributed by atoms with Crippen molar-refractivity contribution in [1.82, 2.24) is 5.32 Å². The Labute approximate surface area is 98.6 Å². The molecule has 1 aliphatic rings. The van der Waals surface area contributed by atoms with E-state index in [1.54, 1.807) is 0 Å². The van der Waals surface area contributed by atoms with Crippen LogP contribution in [0.4, 0.5) is 0 Å². The number of rotatable bonds is 8. The smallest absolute Gasteiger partial charge is 0.323 e. The van der Waals surface area contributed by atoms with Crippen molar-refractivity contribution < 1.29 is 9.90 Å². The number of hydrogen-bond acceptors (Lipinski definition) is 2. The molecule has 94 valence electrons. The minimum atomic E-state index is -0.663. The van der Waals surface area contributed by atoms with E-state index in [2.05, 4.69) is 19.2 Å². The Balaban J connectivity index is 2.33. The third-order valence-electron chi connectivity index (χ3n) is 3.89. The molecule has 0 heterocycles. The maximum atomic E-state index is 11.2. The van der Waals surface area contributed by atoms with Gasteiger partial charge in [-0.25, -0.2) is 0 Å². The summed E-state index contributed by atoms with van der Waals surface area (Å²) >= 11 is 0. The molecule has 3 heteroatoms. The van der Waals surface area contributed by atoms with Crippen LogP contribution in [0.25, 0.3) is 0 Å². The van der Waals surface area contributed by atoms with Crippen molar-refractivity contribution in [2.24, 2.45) is 5.92 Å². The minimum Gasteiger partial charge on any atom is -0.480 e. The van der Waals surface area contributed by atoms with Crippen LogP contribution in [0, 0.1) is 5.92 Å². The molecule has 0 aliphatic heterocycles. The topological polar surface area (TPSA) is 49.3 Å². The van der Waals surface area contributed by atoms with Gasteiger partial charge in [-0.1, -0.05) is 33.1 Å². The molecule has 1 fully saturated rings. The molecule has 0 amide bonds. The van der Waals surface area contributed by atoms with Crippen LogP contribution in [0.5, 0.6) is 0 Å². The predicted molar refractivity (Wildman–Crippen MR) is 65.5 cm³/mol. The van der Waals surface area contributed by atoms with Gasteiger partial charge in [-0.15, -0.1) is 0 Å². The summed E-state index contributed by atoms with van der Waals surface area (Å²) in [6.07, 6.45) is 7.48. The fourth-order valence-corrected chi connectivity index (χ4v) is 2.28. The first kappa shape index (κ1) is 13.5. The zero-order chi connectivity index (χ0) is 12.0. The molecule has 1 saturated carbocycles. The second-order valence-corrected chi connectivity index (χ2v) is 5.04. The molecule has 1 rings (SSSR count). The SMILES string of the molecule is CCCCC(CC)CNC1(C(=O)O)CCC1. The Hall–Kier alpha value is -0.570. The molecule has 1 unspecified atom stereocenters. The fourth-order valence-electron chi connectivity index (χ4n) is 2.28. The van der Waals surface area contributed by atoms with E-state index < -0.39 is 11.5 Å². The lowest BCUT2D eigenvalue weighted by Crippen LogP contribution is -2.58. The average molecular weight is 227 g/mol. The van der Waals surface area contributed by atoms with Gasteiger partial charge in [0.2, 0.25) is 0 Å². The number of hydrogen-bond donors (Lipinski definition) is 2. The van der Waals surface area contributed by atoms with Crippen molar-refractivity contribution in [2.75, 3.05) is 6.54 Å². The molecule has 0 aromatic rings. The van der Waals surface area contributed by atoms with Crippen LogP contribution in [0.2, 0.25) is 0 Å². The zero-order valence-corrected chi connectivity index (χ0v) is 10.6. The normalized spacial score (nSPS) is 20.1. The highest BCUT2D eigenvalue weighted by molar-refractivity contribution is 5.79. The van der Waals surface area contributed by atoms with Crippen LogP contribution < -0.4 is 5.32 Å². The summed E-state index contributed by atoms with van der Waals surface area (Å²) < 4.78 is 0. The maximum absolute atomic E-state index is 11.2. The van der Waals surface area contributed by atoms with Gasteiger partial charge >= 0.3 is 5.97 Å². The van der Waals surface area contributed by atoms with Crippen LogP contribution in [0.15, 0.2) is 0 Å². The van der Waals surface area contributed by atoms with Crippen LogP contribution in [-0.2, 0) is 4.79 Å². The summed E-state index contributed by atoms with van der Waals surface area (Å²) in [5, 5.41) is 12.5. The first-order valence-electron chi connectivity index (χ1n) is 6.63. The highest BCUT2D eigenvalue weighted by Crippen LogP contribution is 2.32. The zero-order valence-electron chi connectivity index (χ0n) is 10.6. The Morgan fingerprint density at radius 2 is 2.12 bits per heavy atom. The Kier molecular flexibility index (Phi) is 5.26. The molecule has 0 bridgehead atoms. The summed E-state index contributed by atoms with van der Waals surface area (Å²) in [5.41, 5.74) is -0.584. The Morgan fingerprint density at radius 1 is 1.44 bits per heavy atom. The fraction of sp³-hybridized carbons (Fsp3) is 0.923. The van der Waals surface area contributed by atoms with E-state index in [1.165, 1.54) is 19.3 Å². The standard InChI is InChI=1S/C13H25NO2/c1-3-5-7-11(4-2)10-14-13(12(15)16)8-6-9-13/h11,14H,3-10H2,1-2H3,(H,15,16). The molecular weight excluding hydrogens is 202 g/mol. The van der Waals surface area contributed by atoms with Crippen molar-refractivity contribution in [3.63, 3.8) is 0 Å². The molecule has 0 spiro atoms.